The predicted molar refractivity (Wildman–Crippen MR) is 81.1 cm³/mol. The maximum Gasteiger partial charge on any atom is 0.0701 e. The first-order chi connectivity index (χ1) is 9.02. The van der Waals surface area contributed by atoms with E-state index in [1.807, 2.05) is 0 Å². The van der Waals surface area contributed by atoms with Gasteiger partial charge in [0.2, 0.25) is 0 Å². The summed E-state index contributed by atoms with van der Waals surface area (Å²) in [6, 6.07) is 0. The molecule has 0 heterocycles. The summed E-state index contributed by atoms with van der Waals surface area (Å²) >= 11 is 3.54. The molecular formula is C14H29BrO4. The van der Waals surface area contributed by atoms with Crippen molar-refractivity contribution in [3.8, 4) is 0 Å². The van der Waals surface area contributed by atoms with Gasteiger partial charge in [-0.15, -0.1) is 0 Å². The van der Waals surface area contributed by atoms with Crippen LogP contribution in [0.25, 0.3) is 0 Å². The van der Waals surface area contributed by atoms with Gasteiger partial charge >= 0.3 is 0 Å². The minimum Gasteiger partial charge on any atom is -0.382 e. The molecule has 0 aromatic rings. The molecule has 1 unspecified atom stereocenters. The van der Waals surface area contributed by atoms with Crippen molar-refractivity contribution >= 4 is 15.9 Å². The number of rotatable bonds is 12. The third kappa shape index (κ3) is 11.8. The first-order valence-corrected chi connectivity index (χ1v) is 7.92. The zero-order valence-electron chi connectivity index (χ0n) is 12.7. The van der Waals surface area contributed by atoms with Crippen LogP contribution in [-0.2, 0) is 18.9 Å². The Morgan fingerprint density at radius 2 is 1.32 bits per heavy atom. The first kappa shape index (κ1) is 19.3. The van der Waals surface area contributed by atoms with Crippen molar-refractivity contribution in [3.05, 3.63) is 0 Å². The van der Waals surface area contributed by atoms with Crippen LogP contribution in [0.4, 0.5) is 0 Å². The molecule has 0 fully saturated rings. The third-order valence-electron chi connectivity index (χ3n) is 2.91. The number of hydrogen-bond acceptors (Lipinski definition) is 4. The summed E-state index contributed by atoms with van der Waals surface area (Å²) in [7, 11) is 1.66. The molecule has 0 aliphatic heterocycles. The second-order valence-corrected chi connectivity index (χ2v) is 6.16. The highest BCUT2D eigenvalue weighted by Crippen LogP contribution is 2.27. The topological polar surface area (TPSA) is 36.9 Å². The van der Waals surface area contributed by atoms with Crippen LogP contribution in [0, 0.1) is 11.3 Å². The largest absolute Gasteiger partial charge is 0.382 e. The molecule has 0 aliphatic carbocycles. The van der Waals surface area contributed by atoms with Gasteiger partial charge in [0.25, 0.3) is 0 Å². The van der Waals surface area contributed by atoms with E-state index in [0.717, 1.165) is 11.9 Å². The van der Waals surface area contributed by atoms with Crippen molar-refractivity contribution in [3.63, 3.8) is 0 Å². The van der Waals surface area contributed by atoms with Crippen molar-refractivity contribution in [1.29, 1.82) is 0 Å². The Morgan fingerprint density at radius 3 is 1.74 bits per heavy atom. The summed E-state index contributed by atoms with van der Waals surface area (Å²) in [6.07, 6.45) is 0. The smallest absolute Gasteiger partial charge is 0.0701 e. The van der Waals surface area contributed by atoms with Gasteiger partial charge in [0.1, 0.15) is 0 Å². The van der Waals surface area contributed by atoms with Gasteiger partial charge in [-0.1, -0.05) is 36.7 Å². The van der Waals surface area contributed by atoms with Crippen LogP contribution in [0.5, 0.6) is 0 Å². The number of methoxy groups -OCH3 is 1. The summed E-state index contributed by atoms with van der Waals surface area (Å²) in [5.74, 6) is 0.518. The molecule has 116 valence electrons. The predicted octanol–water partition coefficient (Wildman–Crippen LogP) is 2.74. The molecule has 4 nitrogen and oxygen atoms in total. The third-order valence-corrected chi connectivity index (χ3v) is 3.69. The van der Waals surface area contributed by atoms with Crippen LogP contribution >= 0.6 is 15.9 Å². The molecule has 0 radical (unpaired) electrons. The van der Waals surface area contributed by atoms with E-state index in [1.165, 1.54) is 0 Å². The van der Waals surface area contributed by atoms with E-state index in [0.29, 0.717) is 45.6 Å². The molecule has 0 rings (SSSR count). The number of halogens is 1. The summed E-state index contributed by atoms with van der Waals surface area (Å²) in [5, 5.41) is 0.963. The van der Waals surface area contributed by atoms with E-state index in [2.05, 4.69) is 36.7 Å². The van der Waals surface area contributed by atoms with Crippen LogP contribution in [-0.4, -0.2) is 58.7 Å². The van der Waals surface area contributed by atoms with Crippen molar-refractivity contribution in [1.82, 2.24) is 0 Å². The van der Waals surface area contributed by atoms with E-state index in [1.54, 1.807) is 7.11 Å². The number of alkyl halides is 1. The molecule has 19 heavy (non-hydrogen) atoms. The van der Waals surface area contributed by atoms with E-state index in [-0.39, 0.29) is 5.41 Å². The van der Waals surface area contributed by atoms with E-state index in [9.17, 15) is 0 Å². The van der Waals surface area contributed by atoms with Gasteiger partial charge in [-0.2, -0.15) is 0 Å². The van der Waals surface area contributed by atoms with Crippen molar-refractivity contribution < 1.29 is 18.9 Å². The van der Waals surface area contributed by atoms with Gasteiger partial charge in [-0.3, -0.25) is 0 Å². The molecule has 0 amide bonds. The lowest BCUT2D eigenvalue weighted by Crippen LogP contribution is -2.27. The summed E-state index contributed by atoms with van der Waals surface area (Å²) in [4.78, 5) is 0. The van der Waals surface area contributed by atoms with Gasteiger partial charge in [0, 0.05) is 12.4 Å². The van der Waals surface area contributed by atoms with Crippen LogP contribution in [0.2, 0.25) is 0 Å². The van der Waals surface area contributed by atoms with E-state index >= 15 is 0 Å². The highest BCUT2D eigenvalue weighted by molar-refractivity contribution is 9.09. The molecule has 1 atom stereocenters. The minimum absolute atomic E-state index is 0.263. The van der Waals surface area contributed by atoms with Crippen molar-refractivity contribution in [2.45, 2.75) is 20.8 Å². The zero-order valence-corrected chi connectivity index (χ0v) is 14.3. The van der Waals surface area contributed by atoms with E-state index < -0.39 is 0 Å². The fourth-order valence-electron chi connectivity index (χ4n) is 1.33. The molecule has 0 spiro atoms. The number of ether oxygens (including phenoxy) is 4. The molecule has 0 N–H and O–H groups in total. The lowest BCUT2D eigenvalue weighted by atomic mass is 9.83. The fourth-order valence-corrected chi connectivity index (χ4v) is 2.49. The highest BCUT2D eigenvalue weighted by Gasteiger charge is 2.23. The Kier molecular flexibility index (Phi) is 12.3. The lowest BCUT2D eigenvalue weighted by Gasteiger charge is -2.28. The maximum atomic E-state index is 5.64. The second kappa shape index (κ2) is 12.1. The molecule has 5 heteroatoms. The fraction of sp³-hybridized carbons (Fsp3) is 1.00. The monoisotopic (exact) mass is 340 g/mol. The molecule has 0 aliphatic rings. The number of hydrogen-bond donors (Lipinski definition) is 0. The zero-order chi connectivity index (χ0) is 14.6. The van der Waals surface area contributed by atoms with Crippen LogP contribution in [0.15, 0.2) is 0 Å². The Balaban J connectivity index is 3.31. The van der Waals surface area contributed by atoms with Crippen molar-refractivity contribution in [2.75, 3.05) is 58.7 Å². The molecule has 0 saturated heterocycles. The average molecular weight is 341 g/mol. The normalized spacial score (nSPS) is 13.7. The molecule has 0 aromatic heterocycles. The Bertz CT molecular complexity index is 194. The SMILES string of the molecule is COCCOCCOCCOCC(CBr)C(C)(C)C. The van der Waals surface area contributed by atoms with Gasteiger partial charge in [0.05, 0.1) is 46.2 Å². The Labute approximate surface area is 126 Å². The van der Waals surface area contributed by atoms with Crippen LogP contribution in [0.1, 0.15) is 20.8 Å². The van der Waals surface area contributed by atoms with Crippen molar-refractivity contribution in [2.24, 2.45) is 11.3 Å². The molecular weight excluding hydrogens is 312 g/mol. The summed E-state index contributed by atoms with van der Waals surface area (Å²) in [6.45, 7) is 11.2. The van der Waals surface area contributed by atoms with Gasteiger partial charge < -0.3 is 18.9 Å². The maximum absolute atomic E-state index is 5.64. The summed E-state index contributed by atoms with van der Waals surface area (Å²) in [5.41, 5.74) is 0.263. The average Bonchev–Trinajstić information content (AvgIpc) is 2.34. The lowest BCUT2D eigenvalue weighted by molar-refractivity contribution is -0.00690. The minimum atomic E-state index is 0.263. The molecule has 0 bridgehead atoms. The molecule has 0 aromatic carbocycles. The van der Waals surface area contributed by atoms with Crippen LogP contribution in [0.3, 0.4) is 0 Å². The summed E-state index contributed by atoms with van der Waals surface area (Å²) < 4.78 is 21.2. The van der Waals surface area contributed by atoms with Gasteiger partial charge in [-0.25, -0.2) is 0 Å². The van der Waals surface area contributed by atoms with Gasteiger partial charge in [0.15, 0.2) is 0 Å². The quantitative estimate of drug-likeness (QED) is 0.404. The van der Waals surface area contributed by atoms with E-state index in [4.69, 9.17) is 18.9 Å². The van der Waals surface area contributed by atoms with Crippen LogP contribution < -0.4 is 0 Å². The standard InChI is InChI=1S/C14H29BrO4/c1-14(2,3)13(11-15)12-19-10-9-18-8-7-17-6-5-16-4/h13H,5-12H2,1-4H3. The Morgan fingerprint density at radius 1 is 0.842 bits per heavy atom. The van der Waals surface area contributed by atoms with Gasteiger partial charge in [-0.05, 0) is 11.3 Å². The second-order valence-electron chi connectivity index (χ2n) is 5.51. The first-order valence-electron chi connectivity index (χ1n) is 6.80. The Hall–Kier alpha value is 0.320. The molecule has 0 saturated carbocycles. The highest BCUT2D eigenvalue weighted by atomic mass is 79.9.